The highest BCUT2D eigenvalue weighted by atomic mass is 79.9. The Hall–Kier alpha value is -1.40. The van der Waals surface area contributed by atoms with Crippen molar-refractivity contribution in [2.24, 2.45) is 0 Å². The van der Waals surface area contributed by atoms with Gasteiger partial charge in [0.2, 0.25) is 11.4 Å². The minimum absolute atomic E-state index is 0. The third-order valence-corrected chi connectivity index (χ3v) is 3.87. The lowest BCUT2D eigenvalue weighted by molar-refractivity contribution is -0.527. The van der Waals surface area contributed by atoms with Crippen LogP contribution in [0.1, 0.15) is 12.6 Å². The number of hydrogen-bond donors (Lipinski definition) is 1. The van der Waals surface area contributed by atoms with E-state index in [-0.39, 0.29) is 29.0 Å². The second-order valence-electron chi connectivity index (χ2n) is 4.26. The summed E-state index contributed by atoms with van der Waals surface area (Å²) in [4.78, 5) is 11.4. The quantitative estimate of drug-likeness (QED) is 0.582. The molecule has 1 atom stereocenters. The zero-order valence-electron chi connectivity index (χ0n) is 11.6. The van der Waals surface area contributed by atoms with Crippen LogP contribution in [-0.2, 0) is 9.53 Å². The number of halogens is 1. The van der Waals surface area contributed by atoms with Gasteiger partial charge in [0.25, 0.3) is 0 Å². The molecule has 0 aliphatic rings. The summed E-state index contributed by atoms with van der Waals surface area (Å²) in [6.07, 6.45) is 0. The number of aryl methyl sites for hydroxylation is 1. The second kappa shape index (κ2) is 7.40. The van der Waals surface area contributed by atoms with Crippen molar-refractivity contribution in [1.29, 1.82) is 0 Å². The average Bonchev–Trinajstić information content (AvgIpc) is 2.79. The third kappa shape index (κ3) is 3.80. The molecular formula is C14H17BrN2O2S. The van der Waals surface area contributed by atoms with Crippen molar-refractivity contribution in [2.45, 2.75) is 19.9 Å². The van der Waals surface area contributed by atoms with Gasteiger partial charge in [0.15, 0.2) is 16.5 Å². The first-order valence-corrected chi connectivity index (χ1v) is 6.82. The molecule has 0 amide bonds. The number of esters is 1. The van der Waals surface area contributed by atoms with Gasteiger partial charge in [-0.05, 0) is 6.92 Å². The normalized spacial score (nSPS) is 11.3. The first kappa shape index (κ1) is 16.7. The maximum absolute atomic E-state index is 11.4. The highest BCUT2D eigenvalue weighted by Gasteiger charge is 2.20. The molecule has 2 aromatic rings. The number of aromatic nitrogens is 1. The number of carbonyl (C=O) groups is 1. The van der Waals surface area contributed by atoms with Gasteiger partial charge in [0.1, 0.15) is 6.04 Å². The molecule has 6 heteroatoms. The van der Waals surface area contributed by atoms with Crippen molar-refractivity contribution in [1.82, 2.24) is 0 Å². The standard InChI is InChI=1S/C14H16N2O2S.BrH/c1-10-9-13(15-11(2)14(17)18-3)19-16(10)12-7-5-4-6-8-12;/h4-9,11H,1-3H3;1H/t11-;/m0./s1. The smallest absolute Gasteiger partial charge is 0.328 e. The minimum Gasteiger partial charge on any atom is -1.00 e. The highest BCUT2D eigenvalue weighted by Crippen LogP contribution is 2.18. The molecule has 1 aromatic carbocycles. The number of methoxy groups -OCH3 is 1. The molecule has 1 heterocycles. The van der Waals surface area contributed by atoms with E-state index < -0.39 is 0 Å². The second-order valence-corrected chi connectivity index (χ2v) is 5.25. The van der Waals surface area contributed by atoms with Gasteiger partial charge in [-0.15, -0.1) is 0 Å². The maximum Gasteiger partial charge on any atom is 0.328 e. The van der Waals surface area contributed by atoms with Gasteiger partial charge >= 0.3 is 5.97 Å². The average molecular weight is 357 g/mol. The SMILES string of the molecule is COC(=O)[C@H](C)Nc1cc(C)[n+](-c2ccccc2)s1.[Br-]. The summed E-state index contributed by atoms with van der Waals surface area (Å²) in [7, 11) is 1.39. The molecule has 108 valence electrons. The summed E-state index contributed by atoms with van der Waals surface area (Å²) in [6, 6.07) is 11.8. The summed E-state index contributed by atoms with van der Waals surface area (Å²) < 4.78 is 6.82. The van der Waals surface area contributed by atoms with Gasteiger partial charge < -0.3 is 27.0 Å². The largest absolute Gasteiger partial charge is 1.00 e. The zero-order valence-corrected chi connectivity index (χ0v) is 14.0. The van der Waals surface area contributed by atoms with Gasteiger partial charge in [-0.3, -0.25) is 0 Å². The maximum atomic E-state index is 11.4. The number of para-hydroxylation sites is 1. The van der Waals surface area contributed by atoms with Crippen LogP contribution < -0.4 is 26.3 Å². The lowest BCUT2D eigenvalue weighted by Gasteiger charge is -2.08. The van der Waals surface area contributed by atoms with E-state index >= 15 is 0 Å². The van der Waals surface area contributed by atoms with E-state index in [1.807, 2.05) is 31.2 Å². The van der Waals surface area contributed by atoms with Gasteiger partial charge in [-0.25, -0.2) is 4.79 Å². The zero-order chi connectivity index (χ0) is 13.8. The van der Waals surface area contributed by atoms with Crippen LogP contribution >= 0.6 is 11.5 Å². The fourth-order valence-electron chi connectivity index (χ4n) is 1.78. The lowest BCUT2D eigenvalue weighted by Crippen LogP contribution is -3.00. The molecule has 0 bridgehead atoms. The number of nitrogens with one attached hydrogen (secondary N) is 1. The van der Waals surface area contributed by atoms with Crippen LogP contribution in [0.25, 0.3) is 5.69 Å². The predicted octanol–water partition coefficient (Wildman–Crippen LogP) is -0.689. The van der Waals surface area contributed by atoms with Gasteiger partial charge in [-0.2, -0.15) is 0 Å². The van der Waals surface area contributed by atoms with Crippen molar-refractivity contribution in [2.75, 3.05) is 12.4 Å². The molecule has 20 heavy (non-hydrogen) atoms. The Labute approximate surface area is 133 Å². The molecule has 0 aliphatic carbocycles. The highest BCUT2D eigenvalue weighted by molar-refractivity contribution is 7.06. The molecule has 0 unspecified atom stereocenters. The van der Waals surface area contributed by atoms with E-state index in [1.165, 1.54) is 7.11 Å². The Bertz CT molecular complexity index is 572. The summed E-state index contributed by atoms with van der Waals surface area (Å²) in [5.41, 5.74) is 2.24. The molecule has 2 rings (SSSR count). The first-order valence-electron chi connectivity index (χ1n) is 6.04. The first-order chi connectivity index (χ1) is 9.11. The van der Waals surface area contributed by atoms with Crippen LogP contribution in [0.2, 0.25) is 0 Å². The van der Waals surface area contributed by atoms with Crippen molar-refractivity contribution >= 4 is 22.5 Å². The Morgan fingerprint density at radius 3 is 2.60 bits per heavy atom. The molecule has 4 nitrogen and oxygen atoms in total. The molecule has 0 aliphatic heterocycles. The van der Waals surface area contributed by atoms with Crippen molar-refractivity contribution in [3.05, 3.63) is 42.1 Å². The van der Waals surface area contributed by atoms with Crippen LogP contribution in [0.3, 0.4) is 0 Å². The van der Waals surface area contributed by atoms with E-state index in [1.54, 1.807) is 18.5 Å². The number of nitrogens with zero attached hydrogens (tertiary/aromatic N) is 1. The molecule has 0 fully saturated rings. The van der Waals surface area contributed by atoms with Gasteiger partial charge in [0, 0.05) is 25.1 Å². The lowest BCUT2D eigenvalue weighted by atomic mass is 10.3. The Balaban J connectivity index is 0.00000200. The Kier molecular flexibility index (Phi) is 6.16. The fraction of sp³-hybridized carbons (Fsp3) is 0.286. The molecule has 1 aromatic heterocycles. The number of hydrogen-bond acceptors (Lipinski definition) is 4. The fourth-order valence-corrected chi connectivity index (χ4v) is 2.86. The van der Waals surface area contributed by atoms with Gasteiger partial charge in [-0.1, -0.05) is 22.2 Å². The molecule has 0 saturated carbocycles. The number of benzene rings is 1. The number of anilines is 1. The van der Waals surface area contributed by atoms with Crippen LogP contribution in [0.4, 0.5) is 5.00 Å². The van der Waals surface area contributed by atoms with Crippen molar-refractivity contribution < 1.29 is 30.5 Å². The number of rotatable bonds is 4. The van der Waals surface area contributed by atoms with Crippen LogP contribution in [0.5, 0.6) is 0 Å². The molecule has 0 spiro atoms. The van der Waals surface area contributed by atoms with E-state index in [9.17, 15) is 4.79 Å². The number of carbonyl (C=O) groups excluding carboxylic acids is 1. The molecule has 1 N–H and O–H groups in total. The van der Waals surface area contributed by atoms with Gasteiger partial charge in [0.05, 0.1) is 7.11 Å². The van der Waals surface area contributed by atoms with E-state index in [0.717, 1.165) is 16.4 Å². The molecule has 0 radical (unpaired) electrons. The van der Waals surface area contributed by atoms with E-state index in [0.29, 0.717) is 0 Å². The Morgan fingerprint density at radius 2 is 2.00 bits per heavy atom. The van der Waals surface area contributed by atoms with Crippen molar-refractivity contribution in [3.8, 4) is 5.69 Å². The van der Waals surface area contributed by atoms with Crippen molar-refractivity contribution in [3.63, 3.8) is 0 Å². The summed E-state index contributed by atoms with van der Waals surface area (Å²) in [5.74, 6) is -0.266. The Morgan fingerprint density at radius 1 is 1.35 bits per heavy atom. The molecular weight excluding hydrogens is 340 g/mol. The molecule has 0 saturated heterocycles. The van der Waals surface area contributed by atoms with Crippen LogP contribution in [-0.4, -0.2) is 19.1 Å². The predicted molar refractivity (Wildman–Crippen MR) is 75.7 cm³/mol. The third-order valence-electron chi connectivity index (χ3n) is 2.75. The van der Waals surface area contributed by atoms with E-state index in [2.05, 4.69) is 21.4 Å². The van der Waals surface area contributed by atoms with Crippen LogP contribution in [0.15, 0.2) is 36.4 Å². The van der Waals surface area contributed by atoms with Crippen LogP contribution in [0, 0.1) is 6.92 Å². The monoisotopic (exact) mass is 356 g/mol. The number of ether oxygens (including phenoxy) is 1. The topological polar surface area (TPSA) is 42.2 Å². The van der Waals surface area contributed by atoms with E-state index in [4.69, 9.17) is 4.74 Å². The summed E-state index contributed by atoms with van der Waals surface area (Å²) in [6.45, 7) is 3.82. The summed E-state index contributed by atoms with van der Waals surface area (Å²) in [5, 5.41) is 4.09. The minimum atomic E-state index is -0.354. The summed E-state index contributed by atoms with van der Waals surface area (Å²) >= 11 is 1.57.